The molecular formula is C31H41N3O5. The summed E-state index contributed by atoms with van der Waals surface area (Å²) in [6, 6.07) is 9.02. The van der Waals surface area contributed by atoms with E-state index in [0.717, 1.165) is 31.2 Å². The predicted molar refractivity (Wildman–Crippen MR) is 147 cm³/mol. The molecule has 4 heterocycles. The van der Waals surface area contributed by atoms with E-state index in [1.165, 1.54) is 0 Å². The Balaban J connectivity index is 1.52. The molecule has 8 nitrogen and oxygen atoms in total. The number of unbranched alkanes of at least 4 members (excludes halogenated alkanes) is 3. The summed E-state index contributed by atoms with van der Waals surface area (Å²) in [4.78, 5) is 48.0. The Morgan fingerprint density at radius 3 is 2.33 bits per heavy atom. The van der Waals surface area contributed by atoms with Gasteiger partial charge in [0.05, 0.1) is 17.4 Å². The predicted octanol–water partition coefficient (Wildman–Crippen LogP) is 2.92. The van der Waals surface area contributed by atoms with Crippen LogP contribution in [0.1, 0.15) is 51.5 Å². The van der Waals surface area contributed by atoms with Crippen molar-refractivity contribution in [2.24, 2.45) is 11.8 Å². The molecule has 4 aliphatic rings. The summed E-state index contributed by atoms with van der Waals surface area (Å²) in [5, 5.41) is 9.16. The first kappa shape index (κ1) is 27.6. The van der Waals surface area contributed by atoms with Gasteiger partial charge >= 0.3 is 0 Å². The number of nitrogens with zero attached hydrogens (tertiary/aromatic N) is 3. The monoisotopic (exact) mass is 535 g/mol. The number of amides is 3. The maximum atomic E-state index is 14.4. The van der Waals surface area contributed by atoms with E-state index in [2.05, 4.69) is 0 Å². The molecule has 5 rings (SSSR count). The summed E-state index contributed by atoms with van der Waals surface area (Å²) < 4.78 is 6.88. The van der Waals surface area contributed by atoms with Gasteiger partial charge in [0.1, 0.15) is 11.6 Å². The van der Waals surface area contributed by atoms with Crippen LogP contribution in [0.25, 0.3) is 0 Å². The highest BCUT2D eigenvalue weighted by molar-refractivity contribution is 6.00. The molecule has 2 fully saturated rings. The van der Waals surface area contributed by atoms with Gasteiger partial charge in [0, 0.05) is 39.3 Å². The van der Waals surface area contributed by atoms with Crippen molar-refractivity contribution in [3.63, 3.8) is 0 Å². The van der Waals surface area contributed by atoms with Gasteiger partial charge in [-0.15, -0.1) is 0 Å². The number of aliphatic hydroxyl groups is 1. The molecule has 2 saturated heterocycles. The molecule has 8 heteroatoms. The van der Waals surface area contributed by atoms with Crippen LogP contribution in [0.3, 0.4) is 0 Å². The summed E-state index contributed by atoms with van der Waals surface area (Å²) in [5.41, 5.74) is -1.17. The lowest BCUT2D eigenvalue weighted by atomic mass is 9.74. The lowest BCUT2D eigenvalue weighted by molar-refractivity contribution is -0.153. The molecule has 0 bridgehead atoms. The fourth-order valence-corrected chi connectivity index (χ4v) is 7.02. The summed E-state index contributed by atoms with van der Waals surface area (Å²) in [5.74, 6) is -1.85. The molecule has 39 heavy (non-hydrogen) atoms. The Kier molecular flexibility index (Phi) is 7.96. The molecule has 1 aromatic carbocycles. The number of aliphatic hydroxyl groups excluding tert-OH is 1. The zero-order valence-corrected chi connectivity index (χ0v) is 23.1. The van der Waals surface area contributed by atoms with Gasteiger partial charge in [-0.3, -0.25) is 14.4 Å². The second-order valence-electron chi connectivity index (χ2n) is 11.5. The minimum Gasteiger partial charge on any atom is -0.396 e. The second-order valence-corrected chi connectivity index (χ2v) is 11.5. The normalized spacial score (nSPS) is 31.8. The molecule has 0 aromatic heterocycles. The van der Waals surface area contributed by atoms with E-state index in [1.807, 2.05) is 73.4 Å². The van der Waals surface area contributed by atoms with Crippen LogP contribution in [-0.2, 0) is 25.7 Å². The van der Waals surface area contributed by atoms with Gasteiger partial charge in [-0.05, 0) is 31.7 Å². The summed E-state index contributed by atoms with van der Waals surface area (Å²) in [6.07, 6.45) is 11.7. The van der Waals surface area contributed by atoms with Crippen molar-refractivity contribution >= 4 is 17.7 Å². The van der Waals surface area contributed by atoms with Crippen LogP contribution in [0, 0.1) is 11.8 Å². The molecule has 1 unspecified atom stereocenters. The van der Waals surface area contributed by atoms with Gasteiger partial charge in [0.15, 0.2) is 0 Å². The van der Waals surface area contributed by atoms with E-state index in [0.29, 0.717) is 39.1 Å². The van der Waals surface area contributed by atoms with Gasteiger partial charge in [-0.25, -0.2) is 0 Å². The fraction of sp³-hybridized carbons (Fsp3) is 0.581. The van der Waals surface area contributed by atoms with Crippen LogP contribution >= 0.6 is 0 Å². The number of ether oxygens (including phenoxy) is 1. The zero-order valence-electron chi connectivity index (χ0n) is 23.1. The summed E-state index contributed by atoms with van der Waals surface area (Å²) in [7, 11) is 0. The highest BCUT2D eigenvalue weighted by Crippen LogP contribution is 2.57. The van der Waals surface area contributed by atoms with E-state index < -0.39 is 29.1 Å². The molecule has 4 aliphatic heterocycles. The van der Waals surface area contributed by atoms with Crippen molar-refractivity contribution in [3.05, 3.63) is 60.2 Å². The molecule has 1 N–H and O–H groups in total. The first-order valence-electron chi connectivity index (χ1n) is 14.4. The average Bonchev–Trinajstić information content (AvgIpc) is 3.20. The third-order valence-corrected chi connectivity index (χ3v) is 8.74. The summed E-state index contributed by atoms with van der Waals surface area (Å²) >= 11 is 0. The Morgan fingerprint density at radius 2 is 1.59 bits per heavy atom. The van der Waals surface area contributed by atoms with Crippen LogP contribution < -0.4 is 0 Å². The number of carbonyl (C=O) groups is 3. The number of hydrogen-bond donors (Lipinski definition) is 1. The standard InChI is InChI=1S/C31H41N3O5/c1-3-17-32-18-11-15-30(2)24(27(32)36)25-28(37)34(20-9-4-5-10-21-35)26-29(38)33(19-12-16-31(25,26)39-30)22-23-13-7-6-8-14-23/h6-8,11-16,24-26,35H,3-5,9-10,17-22H2,1-2H3/t24-,25+,26?,30+,31+/m1/s1. The van der Waals surface area contributed by atoms with Gasteiger partial charge in [0.25, 0.3) is 0 Å². The number of likely N-dealkylation sites (tertiary alicyclic amines) is 1. The van der Waals surface area contributed by atoms with Crippen molar-refractivity contribution < 1.29 is 24.2 Å². The SMILES string of the molecule is CCCN1CC=C[C@]2(C)O[C@]34C=CCN(Cc5ccccc5)C(=O)C3N(CCCCCCO)C(=O)[C@@H]4[C@@H]2C1=O. The van der Waals surface area contributed by atoms with E-state index >= 15 is 0 Å². The maximum absolute atomic E-state index is 14.4. The summed E-state index contributed by atoms with van der Waals surface area (Å²) in [6.45, 7) is 6.44. The Labute approximate surface area is 231 Å². The smallest absolute Gasteiger partial charge is 0.249 e. The van der Waals surface area contributed by atoms with Crippen molar-refractivity contribution in [3.8, 4) is 0 Å². The molecule has 0 aliphatic carbocycles. The topological polar surface area (TPSA) is 90.4 Å². The molecule has 3 amide bonds. The van der Waals surface area contributed by atoms with Gasteiger partial charge in [0.2, 0.25) is 17.7 Å². The lowest BCUT2D eigenvalue weighted by Gasteiger charge is -2.37. The molecule has 0 radical (unpaired) electrons. The molecule has 5 atom stereocenters. The van der Waals surface area contributed by atoms with Crippen molar-refractivity contribution in [1.29, 1.82) is 0 Å². The third kappa shape index (κ3) is 4.82. The van der Waals surface area contributed by atoms with Crippen LogP contribution in [0.5, 0.6) is 0 Å². The zero-order chi connectivity index (χ0) is 27.6. The van der Waals surface area contributed by atoms with E-state index in [-0.39, 0.29) is 24.3 Å². The van der Waals surface area contributed by atoms with Gasteiger partial charge in [-0.1, -0.05) is 74.4 Å². The number of rotatable bonds is 10. The first-order chi connectivity index (χ1) is 18.9. The number of carbonyl (C=O) groups excluding carboxylic acids is 3. The molecule has 0 saturated carbocycles. The number of benzene rings is 1. The first-order valence-corrected chi connectivity index (χ1v) is 14.4. The Morgan fingerprint density at radius 1 is 0.872 bits per heavy atom. The van der Waals surface area contributed by atoms with Gasteiger partial charge in [-0.2, -0.15) is 0 Å². The second kappa shape index (κ2) is 11.3. The molecule has 1 spiro atoms. The maximum Gasteiger partial charge on any atom is 0.249 e. The van der Waals surface area contributed by atoms with Gasteiger partial charge < -0.3 is 24.5 Å². The quantitative estimate of drug-likeness (QED) is 0.368. The lowest BCUT2D eigenvalue weighted by Crippen LogP contribution is -2.55. The van der Waals surface area contributed by atoms with Crippen molar-refractivity contribution in [1.82, 2.24) is 14.7 Å². The molecule has 1 aromatic rings. The third-order valence-electron chi connectivity index (χ3n) is 8.74. The molecule has 210 valence electrons. The van der Waals surface area contributed by atoms with Crippen LogP contribution in [0.4, 0.5) is 0 Å². The Bertz CT molecular complexity index is 1140. The number of fused-ring (bicyclic) bond motifs is 2. The van der Waals surface area contributed by atoms with Crippen molar-refractivity contribution in [2.75, 3.05) is 32.8 Å². The van der Waals surface area contributed by atoms with E-state index in [1.54, 1.807) is 9.80 Å². The minimum atomic E-state index is -1.21. The van der Waals surface area contributed by atoms with Crippen LogP contribution in [0.2, 0.25) is 0 Å². The van der Waals surface area contributed by atoms with Crippen molar-refractivity contribution in [2.45, 2.75) is 69.7 Å². The van der Waals surface area contributed by atoms with E-state index in [9.17, 15) is 14.4 Å². The highest BCUT2D eigenvalue weighted by Gasteiger charge is 2.74. The highest BCUT2D eigenvalue weighted by atomic mass is 16.5. The Hall–Kier alpha value is -2.97. The number of hydrogen-bond acceptors (Lipinski definition) is 5. The largest absolute Gasteiger partial charge is 0.396 e. The average molecular weight is 536 g/mol. The van der Waals surface area contributed by atoms with E-state index in [4.69, 9.17) is 9.84 Å². The molecular weight excluding hydrogens is 494 g/mol. The fourth-order valence-electron chi connectivity index (χ4n) is 7.02. The van der Waals surface area contributed by atoms with Crippen LogP contribution in [-0.4, -0.2) is 87.6 Å². The minimum absolute atomic E-state index is 0.0747. The van der Waals surface area contributed by atoms with Crippen LogP contribution in [0.15, 0.2) is 54.6 Å².